The van der Waals surface area contributed by atoms with E-state index in [9.17, 15) is 9.18 Å². The molecule has 0 atom stereocenters. The molecule has 1 heterocycles. The van der Waals surface area contributed by atoms with Crippen LogP contribution in [0.25, 0.3) is 22.0 Å². The van der Waals surface area contributed by atoms with E-state index >= 15 is 0 Å². The molecule has 4 aromatic rings. The smallest absolute Gasteiger partial charge is 0.176 e. The van der Waals surface area contributed by atoms with Gasteiger partial charge in [-0.25, -0.2) is 4.39 Å². The number of rotatable bonds is 3. The molecule has 1 aromatic heterocycles. The highest BCUT2D eigenvalue weighted by Gasteiger charge is 2.16. The summed E-state index contributed by atoms with van der Waals surface area (Å²) in [5.74, 6) is -0.366. The number of fused-ring (bicyclic) bond motifs is 1. The second kappa shape index (κ2) is 8.85. The fourth-order valence-corrected chi connectivity index (χ4v) is 3.18. The average Bonchev–Trinajstić information content (AvgIpc) is 3.09. The van der Waals surface area contributed by atoms with Gasteiger partial charge in [0, 0.05) is 28.4 Å². The first-order chi connectivity index (χ1) is 13.5. The van der Waals surface area contributed by atoms with Crippen LogP contribution in [-0.2, 0) is 6.42 Å². The van der Waals surface area contributed by atoms with Crippen molar-refractivity contribution in [3.63, 3.8) is 0 Å². The van der Waals surface area contributed by atoms with E-state index in [2.05, 4.69) is 11.9 Å². The van der Waals surface area contributed by atoms with Crippen molar-refractivity contribution >= 4 is 28.3 Å². The van der Waals surface area contributed by atoms with Gasteiger partial charge in [0.2, 0.25) is 0 Å². The first-order valence-corrected chi connectivity index (χ1v) is 9.49. The molecule has 0 fully saturated rings. The SMILES string of the molecule is CC(=O)c1[nH]c2ccc(F)cc2c1-c1ccccc1.CCc1ccc(Cl)cc1. The number of aryl methyl sites for hydroxylation is 1. The van der Waals surface area contributed by atoms with E-state index < -0.39 is 0 Å². The third-order valence-electron chi connectivity index (χ3n) is 4.50. The molecular formula is C24H21ClFNO. The number of H-pyrrole nitrogens is 1. The van der Waals surface area contributed by atoms with Crippen molar-refractivity contribution in [2.75, 3.05) is 0 Å². The largest absolute Gasteiger partial charge is 0.352 e. The molecule has 0 aliphatic rings. The average molecular weight is 394 g/mol. The number of nitrogens with one attached hydrogen (secondary N) is 1. The minimum Gasteiger partial charge on any atom is -0.352 e. The lowest BCUT2D eigenvalue weighted by atomic mass is 10.0. The quantitative estimate of drug-likeness (QED) is 0.370. The predicted molar refractivity (Wildman–Crippen MR) is 115 cm³/mol. The number of carbonyl (C=O) groups excluding carboxylic acids is 1. The van der Waals surface area contributed by atoms with Crippen molar-refractivity contribution in [2.45, 2.75) is 20.3 Å². The highest BCUT2D eigenvalue weighted by Crippen LogP contribution is 2.33. The van der Waals surface area contributed by atoms with Gasteiger partial charge in [-0.15, -0.1) is 0 Å². The maximum absolute atomic E-state index is 13.4. The second-order valence-electron chi connectivity index (χ2n) is 6.47. The lowest BCUT2D eigenvalue weighted by Gasteiger charge is -2.02. The fourth-order valence-electron chi connectivity index (χ4n) is 3.05. The van der Waals surface area contributed by atoms with Gasteiger partial charge in [-0.3, -0.25) is 4.79 Å². The van der Waals surface area contributed by atoms with Crippen molar-refractivity contribution in [3.8, 4) is 11.1 Å². The maximum Gasteiger partial charge on any atom is 0.176 e. The van der Waals surface area contributed by atoms with Gasteiger partial charge >= 0.3 is 0 Å². The summed E-state index contributed by atoms with van der Waals surface area (Å²) in [6.07, 6.45) is 1.08. The fraction of sp³-hybridized carbons (Fsp3) is 0.125. The number of benzene rings is 3. The summed E-state index contributed by atoms with van der Waals surface area (Å²) in [7, 11) is 0. The summed E-state index contributed by atoms with van der Waals surface area (Å²) >= 11 is 5.67. The molecule has 28 heavy (non-hydrogen) atoms. The molecule has 2 nitrogen and oxygen atoms in total. The summed E-state index contributed by atoms with van der Waals surface area (Å²) in [6.45, 7) is 3.64. The number of halogens is 2. The molecule has 142 valence electrons. The van der Waals surface area contributed by atoms with Crippen LogP contribution in [0, 0.1) is 5.82 Å². The Labute approximate surface area is 169 Å². The van der Waals surface area contributed by atoms with Gasteiger partial charge in [0.05, 0.1) is 5.69 Å². The van der Waals surface area contributed by atoms with E-state index in [1.807, 2.05) is 54.6 Å². The summed E-state index contributed by atoms with van der Waals surface area (Å²) in [5.41, 5.74) is 4.30. The minimum atomic E-state index is -0.307. The number of Topliss-reactive ketones (excluding diaryl/α,β-unsaturated/α-hetero) is 1. The first kappa shape index (κ1) is 19.8. The molecule has 0 radical (unpaired) electrons. The van der Waals surface area contributed by atoms with Gasteiger partial charge in [0.15, 0.2) is 5.78 Å². The van der Waals surface area contributed by atoms with Gasteiger partial charge < -0.3 is 4.98 Å². The zero-order chi connectivity index (χ0) is 20.1. The third kappa shape index (κ3) is 4.49. The van der Waals surface area contributed by atoms with Crippen LogP contribution in [-0.4, -0.2) is 10.8 Å². The molecule has 0 unspecified atom stereocenters. The Morgan fingerprint density at radius 2 is 1.68 bits per heavy atom. The molecule has 0 saturated heterocycles. The van der Waals surface area contributed by atoms with Gasteiger partial charge in [-0.1, -0.05) is 61.0 Å². The molecule has 0 spiro atoms. The van der Waals surface area contributed by atoms with Gasteiger partial charge in [0.25, 0.3) is 0 Å². The van der Waals surface area contributed by atoms with Crippen LogP contribution in [0.3, 0.4) is 0 Å². The number of carbonyl (C=O) groups is 1. The van der Waals surface area contributed by atoms with Crippen molar-refractivity contribution in [1.29, 1.82) is 0 Å². The van der Waals surface area contributed by atoms with Crippen LogP contribution in [0.5, 0.6) is 0 Å². The Bertz CT molecular complexity index is 1090. The van der Waals surface area contributed by atoms with Crippen LogP contribution in [0.2, 0.25) is 5.02 Å². The molecule has 3 aromatic carbocycles. The Hall–Kier alpha value is -2.91. The highest BCUT2D eigenvalue weighted by molar-refractivity contribution is 6.30. The molecule has 0 saturated carbocycles. The molecular weight excluding hydrogens is 373 g/mol. The standard InChI is InChI=1S/C16H12FNO.C8H9Cl/c1-10(19)16-15(11-5-3-2-4-6-11)13-9-12(17)7-8-14(13)18-16;1-2-7-3-5-8(9)6-4-7/h2-9,18H,1H3;3-6H,2H2,1H3. The molecule has 0 amide bonds. The van der Waals surface area contributed by atoms with Crippen LogP contribution in [0.4, 0.5) is 4.39 Å². The monoisotopic (exact) mass is 393 g/mol. The summed E-state index contributed by atoms with van der Waals surface area (Å²) < 4.78 is 13.4. The number of hydrogen-bond acceptors (Lipinski definition) is 1. The lowest BCUT2D eigenvalue weighted by molar-refractivity contribution is 0.101. The lowest BCUT2D eigenvalue weighted by Crippen LogP contribution is -1.94. The van der Waals surface area contributed by atoms with E-state index in [1.165, 1.54) is 24.6 Å². The van der Waals surface area contributed by atoms with E-state index in [4.69, 9.17) is 11.6 Å². The van der Waals surface area contributed by atoms with E-state index in [0.717, 1.165) is 33.5 Å². The molecule has 0 aliphatic heterocycles. The van der Waals surface area contributed by atoms with Crippen molar-refractivity contribution in [2.24, 2.45) is 0 Å². The Morgan fingerprint density at radius 1 is 1.00 bits per heavy atom. The Morgan fingerprint density at radius 3 is 2.29 bits per heavy atom. The molecule has 0 bridgehead atoms. The van der Waals surface area contributed by atoms with Crippen molar-refractivity contribution < 1.29 is 9.18 Å². The van der Waals surface area contributed by atoms with E-state index in [0.29, 0.717) is 5.69 Å². The summed E-state index contributed by atoms with van der Waals surface area (Å²) in [5, 5.41) is 1.55. The Balaban J connectivity index is 0.000000211. The zero-order valence-electron chi connectivity index (χ0n) is 15.8. The van der Waals surface area contributed by atoms with E-state index in [-0.39, 0.29) is 11.6 Å². The first-order valence-electron chi connectivity index (χ1n) is 9.11. The topological polar surface area (TPSA) is 32.9 Å². The molecule has 1 N–H and O–H groups in total. The zero-order valence-corrected chi connectivity index (χ0v) is 16.6. The minimum absolute atomic E-state index is 0.0598. The van der Waals surface area contributed by atoms with Crippen molar-refractivity contribution in [1.82, 2.24) is 4.98 Å². The number of ketones is 1. The van der Waals surface area contributed by atoms with Gasteiger partial charge in [0.1, 0.15) is 5.82 Å². The number of aromatic amines is 1. The van der Waals surface area contributed by atoms with Crippen molar-refractivity contribution in [3.05, 3.63) is 94.9 Å². The normalized spacial score (nSPS) is 10.4. The molecule has 4 rings (SSSR count). The van der Waals surface area contributed by atoms with Gasteiger partial charge in [-0.05, 0) is 47.9 Å². The van der Waals surface area contributed by atoms with Crippen LogP contribution in [0.1, 0.15) is 29.9 Å². The summed E-state index contributed by atoms with van der Waals surface area (Å²) in [4.78, 5) is 14.8. The Kier molecular flexibility index (Phi) is 6.27. The molecule has 4 heteroatoms. The predicted octanol–water partition coefficient (Wildman–Crippen LogP) is 7.08. The van der Waals surface area contributed by atoms with Crippen LogP contribution < -0.4 is 0 Å². The third-order valence-corrected chi connectivity index (χ3v) is 4.75. The maximum atomic E-state index is 13.4. The summed E-state index contributed by atoms with van der Waals surface area (Å²) in [6, 6.07) is 22.0. The number of aromatic nitrogens is 1. The van der Waals surface area contributed by atoms with Gasteiger partial charge in [-0.2, -0.15) is 0 Å². The highest BCUT2D eigenvalue weighted by atomic mass is 35.5. The second-order valence-corrected chi connectivity index (χ2v) is 6.90. The van der Waals surface area contributed by atoms with E-state index in [1.54, 1.807) is 6.07 Å². The molecule has 0 aliphatic carbocycles. The number of hydrogen-bond donors (Lipinski definition) is 1. The van der Waals surface area contributed by atoms with Crippen LogP contribution >= 0.6 is 11.6 Å². The van der Waals surface area contributed by atoms with Crippen LogP contribution in [0.15, 0.2) is 72.8 Å².